The van der Waals surface area contributed by atoms with Crippen LogP contribution in [0.1, 0.15) is 46.0 Å². The van der Waals surface area contributed by atoms with Crippen LogP contribution < -0.4 is 4.74 Å². The van der Waals surface area contributed by atoms with Crippen molar-refractivity contribution in [1.82, 2.24) is 0 Å². The smallest absolute Gasteiger partial charge is 0.121 e. The summed E-state index contributed by atoms with van der Waals surface area (Å²) in [6, 6.07) is 7.66. The highest BCUT2D eigenvalue weighted by molar-refractivity contribution is 6.30. The Kier molecular flexibility index (Phi) is 6.32. The number of ether oxygens (including phenoxy) is 1. The summed E-state index contributed by atoms with van der Waals surface area (Å²) >= 11 is 5.93. The van der Waals surface area contributed by atoms with Gasteiger partial charge in [0.25, 0.3) is 0 Å². The largest absolute Gasteiger partial charge is 0.490 e. The van der Waals surface area contributed by atoms with Crippen LogP contribution in [0.25, 0.3) is 0 Å². The van der Waals surface area contributed by atoms with Crippen LogP contribution in [0.15, 0.2) is 24.3 Å². The van der Waals surface area contributed by atoms with Gasteiger partial charge in [-0.3, -0.25) is 0 Å². The molecule has 0 radical (unpaired) electrons. The summed E-state index contributed by atoms with van der Waals surface area (Å²) in [4.78, 5) is 0. The maximum Gasteiger partial charge on any atom is 0.121 e. The van der Waals surface area contributed by atoms with Gasteiger partial charge >= 0.3 is 0 Å². The molecule has 0 heterocycles. The number of halogens is 1. The summed E-state index contributed by atoms with van der Waals surface area (Å²) < 4.78 is 5.95. The Morgan fingerprint density at radius 3 is 2.62 bits per heavy atom. The van der Waals surface area contributed by atoms with E-state index in [-0.39, 0.29) is 0 Å². The van der Waals surface area contributed by atoms with E-state index in [9.17, 15) is 0 Å². The van der Waals surface area contributed by atoms with Gasteiger partial charge in [0.2, 0.25) is 0 Å². The lowest BCUT2D eigenvalue weighted by molar-refractivity contribution is 0.176. The first-order valence-corrected chi connectivity index (χ1v) is 6.56. The molecule has 0 saturated heterocycles. The lowest BCUT2D eigenvalue weighted by atomic mass is 10.1. The molecule has 1 atom stereocenters. The highest BCUT2D eigenvalue weighted by Gasteiger charge is 2.08. The number of rotatable bonds is 7. The monoisotopic (exact) mass is 240 g/mol. The molecule has 0 aliphatic heterocycles. The van der Waals surface area contributed by atoms with E-state index in [1.54, 1.807) is 0 Å². The Morgan fingerprint density at radius 2 is 2.00 bits per heavy atom. The van der Waals surface area contributed by atoms with E-state index in [4.69, 9.17) is 16.3 Å². The van der Waals surface area contributed by atoms with Gasteiger partial charge in [-0.15, -0.1) is 0 Å². The molecule has 16 heavy (non-hydrogen) atoms. The van der Waals surface area contributed by atoms with E-state index < -0.39 is 0 Å². The van der Waals surface area contributed by atoms with Crippen molar-refractivity contribution < 1.29 is 4.74 Å². The molecule has 0 aromatic heterocycles. The molecule has 0 aliphatic carbocycles. The van der Waals surface area contributed by atoms with Gasteiger partial charge < -0.3 is 4.74 Å². The molecule has 0 saturated carbocycles. The molecule has 0 N–H and O–H groups in total. The molecule has 1 rings (SSSR count). The first-order valence-electron chi connectivity index (χ1n) is 6.18. The summed E-state index contributed by atoms with van der Waals surface area (Å²) in [6.07, 6.45) is 6.20. The molecule has 2 heteroatoms. The quantitative estimate of drug-likeness (QED) is 0.646. The normalized spacial score (nSPS) is 12.4. The molecule has 90 valence electrons. The van der Waals surface area contributed by atoms with Crippen LogP contribution in [0.5, 0.6) is 5.75 Å². The lowest BCUT2D eigenvalue weighted by Crippen LogP contribution is -2.16. The van der Waals surface area contributed by atoms with Crippen LogP contribution in [0.3, 0.4) is 0 Å². The van der Waals surface area contributed by atoms with Gasteiger partial charge in [0, 0.05) is 5.02 Å². The molecule has 1 aromatic carbocycles. The van der Waals surface area contributed by atoms with Crippen molar-refractivity contribution in [3.63, 3.8) is 0 Å². The maximum atomic E-state index is 5.95. The zero-order valence-electron chi connectivity index (χ0n) is 10.2. The topological polar surface area (TPSA) is 9.23 Å². The number of hydrogen-bond donors (Lipinski definition) is 0. The molecule has 0 spiro atoms. The van der Waals surface area contributed by atoms with Crippen LogP contribution in [-0.4, -0.2) is 6.10 Å². The number of benzene rings is 1. The summed E-state index contributed by atoms with van der Waals surface area (Å²) in [5.41, 5.74) is 0. The third-order valence-corrected chi connectivity index (χ3v) is 2.82. The second-order valence-corrected chi connectivity index (χ2v) is 4.56. The van der Waals surface area contributed by atoms with E-state index in [0.29, 0.717) is 6.10 Å². The maximum absolute atomic E-state index is 5.95. The van der Waals surface area contributed by atoms with E-state index >= 15 is 0 Å². The van der Waals surface area contributed by atoms with E-state index in [0.717, 1.165) is 30.0 Å². The average molecular weight is 241 g/mol. The van der Waals surface area contributed by atoms with Crippen LogP contribution in [0.4, 0.5) is 0 Å². The average Bonchev–Trinajstić information content (AvgIpc) is 2.26. The highest BCUT2D eigenvalue weighted by atomic mass is 35.5. The van der Waals surface area contributed by atoms with Gasteiger partial charge in [0.1, 0.15) is 5.75 Å². The first-order chi connectivity index (χ1) is 7.76. The van der Waals surface area contributed by atoms with Crippen molar-refractivity contribution in [2.75, 3.05) is 0 Å². The summed E-state index contributed by atoms with van der Waals surface area (Å²) in [6.45, 7) is 4.41. The Morgan fingerprint density at radius 1 is 1.19 bits per heavy atom. The molecule has 1 nitrogen and oxygen atoms in total. The zero-order valence-corrected chi connectivity index (χ0v) is 11.0. The van der Waals surface area contributed by atoms with Crippen molar-refractivity contribution in [2.24, 2.45) is 0 Å². The minimum absolute atomic E-state index is 0.336. The van der Waals surface area contributed by atoms with Crippen LogP contribution in [-0.2, 0) is 0 Å². The predicted molar refractivity (Wildman–Crippen MR) is 70.3 cm³/mol. The fraction of sp³-hybridized carbons (Fsp3) is 0.571. The zero-order chi connectivity index (χ0) is 11.8. The van der Waals surface area contributed by atoms with Gasteiger partial charge in [-0.2, -0.15) is 0 Å². The van der Waals surface area contributed by atoms with Crippen molar-refractivity contribution in [3.8, 4) is 5.75 Å². The van der Waals surface area contributed by atoms with Gasteiger partial charge in [-0.1, -0.05) is 50.8 Å². The van der Waals surface area contributed by atoms with Gasteiger partial charge in [-0.05, 0) is 31.0 Å². The Balaban J connectivity index is 2.52. The number of unbranched alkanes of at least 4 members (excludes halogenated alkanes) is 1. The Labute approximate surface area is 104 Å². The van der Waals surface area contributed by atoms with Crippen LogP contribution in [0, 0.1) is 0 Å². The third-order valence-electron chi connectivity index (χ3n) is 2.59. The van der Waals surface area contributed by atoms with Crippen molar-refractivity contribution in [2.45, 2.75) is 52.1 Å². The predicted octanol–water partition coefficient (Wildman–Crippen LogP) is 5.08. The minimum atomic E-state index is 0.336. The van der Waals surface area contributed by atoms with E-state index in [2.05, 4.69) is 13.8 Å². The fourth-order valence-electron chi connectivity index (χ4n) is 1.75. The molecule has 1 aromatic rings. The third kappa shape index (κ3) is 4.89. The van der Waals surface area contributed by atoms with E-state index in [1.165, 1.54) is 12.8 Å². The van der Waals surface area contributed by atoms with Gasteiger partial charge in [0.15, 0.2) is 0 Å². The second-order valence-electron chi connectivity index (χ2n) is 4.13. The molecular formula is C14H21ClO. The Hall–Kier alpha value is -0.690. The van der Waals surface area contributed by atoms with Gasteiger partial charge in [-0.25, -0.2) is 0 Å². The minimum Gasteiger partial charge on any atom is -0.490 e. The van der Waals surface area contributed by atoms with Gasteiger partial charge in [0.05, 0.1) is 6.10 Å². The molecule has 0 aliphatic rings. The first kappa shape index (κ1) is 13.4. The van der Waals surface area contributed by atoms with Crippen LogP contribution >= 0.6 is 11.6 Å². The lowest BCUT2D eigenvalue weighted by Gasteiger charge is -2.18. The SMILES string of the molecule is CCCCC(CCC)Oc1cccc(Cl)c1. The molecular weight excluding hydrogens is 220 g/mol. The molecule has 0 fully saturated rings. The van der Waals surface area contributed by atoms with E-state index in [1.807, 2.05) is 24.3 Å². The van der Waals surface area contributed by atoms with Crippen LogP contribution in [0.2, 0.25) is 5.02 Å². The summed E-state index contributed by atoms with van der Waals surface area (Å²) in [5.74, 6) is 0.891. The van der Waals surface area contributed by atoms with Crippen molar-refractivity contribution >= 4 is 11.6 Å². The highest BCUT2D eigenvalue weighted by Crippen LogP contribution is 2.21. The number of hydrogen-bond acceptors (Lipinski definition) is 1. The molecule has 0 amide bonds. The fourth-order valence-corrected chi connectivity index (χ4v) is 1.93. The van der Waals surface area contributed by atoms with Crippen molar-refractivity contribution in [3.05, 3.63) is 29.3 Å². The second kappa shape index (κ2) is 7.56. The molecule has 1 unspecified atom stereocenters. The summed E-state index contributed by atoms with van der Waals surface area (Å²) in [7, 11) is 0. The Bertz CT molecular complexity index is 299. The molecule has 0 bridgehead atoms. The van der Waals surface area contributed by atoms with Crippen molar-refractivity contribution in [1.29, 1.82) is 0 Å². The summed E-state index contributed by atoms with van der Waals surface area (Å²) in [5, 5.41) is 0.739. The standard InChI is InChI=1S/C14H21ClO/c1-3-5-9-13(7-4-2)16-14-10-6-8-12(15)11-14/h6,8,10-11,13H,3-5,7,9H2,1-2H3.